The largest absolute Gasteiger partial charge is 0.495 e. The van der Waals surface area contributed by atoms with Crippen LogP contribution in [0.3, 0.4) is 0 Å². The van der Waals surface area contributed by atoms with Crippen LogP contribution in [-0.2, 0) is 14.3 Å². The van der Waals surface area contributed by atoms with Crippen LogP contribution < -0.4 is 10.1 Å². The van der Waals surface area contributed by atoms with Gasteiger partial charge in [-0.15, -0.1) is 22.7 Å². The van der Waals surface area contributed by atoms with E-state index in [0.717, 1.165) is 15.3 Å². The number of methoxy groups -OCH3 is 1. The van der Waals surface area contributed by atoms with Crippen molar-refractivity contribution < 1.29 is 19.1 Å². The fourth-order valence-electron chi connectivity index (χ4n) is 3.37. The smallest absolute Gasteiger partial charge is 0.340 e. The van der Waals surface area contributed by atoms with Gasteiger partial charge in [0.1, 0.15) is 5.75 Å². The minimum Gasteiger partial charge on any atom is -0.495 e. The van der Waals surface area contributed by atoms with E-state index in [9.17, 15) is 9.59 Å². The van der Waals surface area contributed by atoms with Gasteiger partial charge in [0, 0.05) is 15.3 Å². The van der Waals surface area contributed by atoms with E-state index in [2.05, 4.69) is 5.32 Å². The number of nitrogens with one attached hydrogen (secondary N) is 1. The highest BCUT2D eigenvalue weighted by atomic mass is 32.1. The lowest BCUT2D eigenvalue weighted by molar-refractivity contribution is -0.148. The van der Waals surface area contributed by atoms with Gasteiger partial charge in [-0.2, -0.15) is 0 Å². The Labute approximate surface area is 206 Å². The number of hydrogen-bond donors (Lipinski definition) is 1. The molecule has 34 heavy (non-hydrogen) atoms. The molecule has 0 spiro atoms. The molecule has 5 nitrogen and oxygen atoms in total. The highest BCUT2D eigenvalue weighted by Crippen LogP contribution is 2.31. The van der Waals surface area contributed by atoms with Crippen molar-refractivity contribution in [1.82, 2.24) is 0 Å². The van der Waals surface area contributed by atoms with Crippen LogP contribution in [0.25, 0.3) is 11.6 Å². The lowest BCUT2D eigenvalue weighted by Gasteiger charge is -2.20. The molecule has 0 unspecified atom stereocenters. The van der Waals surface area contributed by atoms with E-state index in [1.165, 1.54) is 29.8 Å². The summed E-state index contributed by atoms with van der Waals surface area (Å²) in [4.78, 5) is 28.5. The van der Waals surface area contributed by atoms with Crippen LogP contribution in [0.5, 0.6) is 5.75 Å². The van der Waals surface area contributed by atoms with Gasteiger partial charge >= 0.3 is 5.97 Å². The normalized spacial score (nSPS) is 12.1. The lowest BCUT2D eigenvalue weighted by Crippen LogP contribution is -2.26. The molecule has 1 N–H and O–H groups in total. The maximum atomic E-state index is 13.4. The zero-order valence-electron chi connectivity index (χ0n) is 18.7. The molecule has 0 saturated heterocycles. The molecule has 0 aliphatic heterocycles. The maximum absolute atomic E-state index is 13.4. The fourth-order valence-corrected chi connectivity index (χ4v) is 4.75. The van der Waals surface area contributed by atoms with Gasteiger partial charge in [-0.3, -0.25) is 4.79 Å². The molecule has 0 fully saturated rings. The zero-order chi connectivity index (χ0) is 23.9. The Morgan fingerprint density at radius 2 is 1.71 bits per heavy atom. The number of carbonyl (C=O) groups excluding carboxylic acids is 2. The number of ether oxygens (including phenoxy) is 2. The molecule has 0 aliphatic rings. The predicted octanol–water partition coefficient (Wildman–Crippen LogP) is 6.59. The van der Waals surface area contributed by atoms with Crippen LogP contribution in [0.1, 0.15) is 27.0 Å². The van der Waals surface area contributed by atoms with Gasteiger partial charge in [-0.25, -0.2) is 4.79 Å². The summed E-state index contributed by atoms with van der Waals surface area (Å²) in [5.74, 6) is -0.518. The third-order valence-corrected chi connectivity index (χ3v) is 6.74. The minimum atomic E-state index is -1.15. The molecule has 1 amide bonds. The van der Waals surface area contributed by atoms with Crippen LogP contribution in [-0.4, -0.2) is 19.0 Å². The summed E-state index contributed by atoms with van der Waals surface area (Å²) in [5.41, 5.74) is 2.45. The SMILES string of the molecule is COc1ccc(C)cc1NC(=O)[C@H](OC(=O)/C(=C/c1cccs1)c1cccs1)c1ccccc1. The number of rotatable bonds is 8. The van der Waals surface area contributed by atoms with Crippen molar-refractivity contribution in [2.45, 2.75) is 13.0 Å². The van der Waals surface area contributed by atoms with Gasteiger partial charge in [0.15, 0.2) is 0 Å². The number of benzene rings is 2. The number of carbonyl (C=O) groups is 2. The van der Waals surface area contributed by atoms with Crippen molar-refractivity contribution in [3.05, 3.63) is 104 Å². The summed E-state index contributed by atoms with van der Waals surface area (Å²) in [6.07, 6.45) is 0.646. The highest BCUT2D eigenvalue weighted by Gasteiger charge is 2.28. The Hall–Kier alpha value is -3.68. The van der Waals surface area contributed by atoms with Crippen molar-refractivity contribution in [1.29, 1.82) is 0 Å². The van der Waals surface area contributed by atoms with Crippen molar-refractivity contribution in [2.24, 2.45) is 0 Å². The lowest BCUT2D eigenvalue weighted by atomic mass is 10.1. The molecule has 7 heteroatoms. The van der Waals surface area contributed by atoms with E-state index in [0.29, 0.717) is 22.6 Å². The zero-order valence-corrected chi connectivity index (χ0v) is 20.3. The second-order valence-corrected chi connectivity index (χ2v) is 9.37. The van der Waals surface area contributed by atoms with Crippen LogP contribution in [0.2, 0.25) is 0 Å². The molecule has 0 bridgehead atoms. The van der Waals surface area contributed by atoms with E-state index in [4.69, 9.17) is 9.47 Å². The molecule has 2 aromatic carbocycles. The summed E-state index contributed by atoms with van der Waals surface area (Å²) >= 11 is 2.96. The molecule has 0 saturated carbocycles. The first-order chi connectivity index (χ1) is 16.5. The predicted molar refractivity (Wildman–Crippen MR) is 138 cm³/mol. The Morgan fingerprint density at radius 3 is 2.38 bits per heavy atom. The molecule has 0 radical (unpaired) electrons. The van der Waals surface area contributed by atoms with Gasteiger partial charge in [-0.05, 0) is 53.6 Å². The van der Waals surface area contributed by atoms with Gasteiger partial charge in [0.05, 0.1) is 18.4 Å². The average Bonchev–Trinajstić information content (AvgIpc) is 3.56. The molecule has 0 aliphatic carbocycles. The van der Waals surface area contributed by atoms with Crippen molar-refractivity contribution in [2.75, 3.05) is 12.4 Å². The number of aryl methyl sites for hydroxylation is 1. The van der Waals surface area contributed by atoms with Gasteiger partial charge in [0.25, 0.3) is 5.91 Å². The van der Waals surface area contributed by atoms with Crippen LogP contribution in [0.15, 0.2) is 83.6 Å². The Balaban J connectivity index is 1.66. The van der Waals surface area contributed by atoms with E-state index in [1.54, 1.807) is 36.4 Å². The first kappa shape index (κ1) is 23.5. The summed E-state index contributed by atoms with van der Waals surface area (Å²) in [6, 6.07) is 22.1. The van der Waals surface area contributed by atoms with Gasteiger partial charge in [0.2, 0.25) is 6.10 Å². The quantitative estimate of drug-likeness (QED) is 0.224. The minimum absolute atomic E-state index is 0.402. The van der Waals surface area contributed by atoms with Crippen molar-refractivity contribution in [3.63, 3.8) is 0 Å². The van der Waals surface area contributed by atoms with E-state index < -0.39 is 18.0 Å². The van der Waals surface area contributed by atoms with Crippen LogP contribution in [0, 0.1) is 6.92 Å². The number of esters is 1. The number of hydrogen-bond acceptors (Lipinski definition) is 6. The topological polar surface area (TPSA) is 64.6 Å². The van der Waals surface area contributed by atoms with Crippen molar-refractivity contribution >= 4 is 51.9 Å². The first-order valence-corrected chi connectivity index (χ1v) is 12.3. The molecule has 2 aromatic heterocycles. The second kappa shape index (κ2) is 11.0. The van der Waals surface area contributed by atoms with E-state index >= 15 is 0 Å². The standard InChI is InChI=1S/C27H23NO4S2/c1-18-12-13-23(31-2)22(16-18)28-26(29)25(19-8-4-3-5-9-19)32-27(30)21(24-11-7-15-34-24)17-20-10-6-14-33-20/h3-17,25H,1-2H3,(H,28,29)/b21-17+/t25-/m1/s1. The van der Waals surface area contributed by atoms with E-state index in [-0.39, 0.29) is 0 Å². The monoisotopic (exact) mass is 489 g/mol. The molecule has 4 rings (SSSR count). The average molecular weight is 490 g/mol. The number of amides is 1. The summed E-state index contributed by atoms with van der Waals surface area (Å²) in [6.45, 7) is 1.92. The number of anilines is 1. The highest BCUT2D eigenvalue weighted by molar-refractivity contribution is 7.12. The van der Waals surface area contributed by atoms with Gasteiger partial charge in [-0.1, -0.05) is 48.5 Å². The van der Waals surface area contributed by atoms with E-state index in [1.807, 2.05) is 60.1 Å². The first-order valence-electron chi connectivity index (χ1n) is 10.6. The molecular weight excluding hydrogens is 466 g/mol. The third kappa shape index (κ3) is 5.62. The molecule has 4 aromatic rings. The Kier molecular flexibility index (Phi) is 7.57. The summed E-state index contributed by atoms with van der Waals surface area (Å²) < 4.78 is 11.2. The summed E-state index contributed by atoms with van der Waals surface area (Å²) in [7, 11) is 1.54. The number of thiophene rings is 2. The third-order valence-electron chi connectivity index (χ3n) is 5.01. The molecule has 172 valence electrons. The molecule has 2 heterocycles. The molecule has 1 atom stereocenters. The van der Waals surface area contributed by atoms with Crippen LogP contribution in [0.4, 0.5) is 5.69 Å². The summed E-state index contributed by atoms with van der Waals surface area (Å²) in [5, 5.41) is 6.71. The Morgan fingerprint density at radius 1 is 0.941 bits per heavy atom. The fraction of sp³-hybridized carbons (Fsp3) is 0.111. The van der Waals surface area contributed by atoms with Crippen molar-refractivity contribution in [3.8, 4) is 5.75 Å². The molecular formula is C27H23NO4S2. The van der Waals surface area contributed by atoms with Crippen LogP contribution >= 0.6 is 22.7 Å². The second-order valence-electron chi connectivity index (χ2n) is 7.44. The maximum Gasteiger partial charge on any atom is 0.340 e. The van der Waals surface area contributed by atoms with Gasteiger partial charge < -0.3 is 14.8 Å². The Bertz CT molecular complexity index is 1280.